The largest absolute Gasteiger partial charge is 0.494 e. The number of nitrogens with zero attached hydrogens (tertiary/aromatic N) is 2. The van der Waals surface area contributed by atoms with Crippen molar-refractivity contribution in [3.05, 3.63) is 35.2 Å². The Balaban J connectivity index is 1.80. The molecule has 4 heterocycles. The lowest BCUT2D eigenvalue weighted by Gasteiger charge is -2.21. The lowest BCUT2D eigenvalue weighted by Crippen LogP contribution is -2.17. The molecule has 6 nitrogen and oxygen atoms in total. The lowest BCUT2D eigenvalue weighted by atomic mass is 9.80. The maximum atomic E-state index is 13.0. The summed E-state index contributed by atoms with van der Waals surface area (Å²) in [6, 6.07) is 4.29. The summed E-state index contributed by atoms with van der Waals surface area (Å²) in [5.41, 5.74) is -0.688. The molecule has 3 aromatic rings. The first-order valence-corrected chi connectivity index (χ1v) is 8.40. The summed E-state index contributed by atoms with van der Waals surface area (Å²) >= 11 is 0. The summed E-state index contributed by atoms with van der Waals surface area (Å²) in [6.45, 7) is 3.65. The number of ether oxygens (including phenoxy) is 1. The SMILES string of the molecule is CC12CCC(C)(O1)c1c2c(O)n(-c2cccc3oc(C(F)(F)F)nc23)c1O. The molecule has 0 aliphatic carbocycles. The van der Waals surface area contributed by atoms with Crippen LogP contribution in [0.3, 0.4) is 0 Å². The highest BCUT2D eigenvalue weighted by Gasteiger charge is 2.59. The van der Waals surface area contributed by atoms with Crippen LogP contribution in [0.25, 0.3) is 16.8 Å². The number of para-hydroxylation sites is 1. The zero-order valence-electron chi connectivity index (χ0n) is 14.4. The van der Waals surface area contributed by atoms with E-state index in [1.54, 1.807) is 0 Å². The Labute approximate surface area is 150 Å². The predicted octanol–water partition coefficient (Wildman–Crippen LogP) is 4.30. The van der Waals surface area contributed by atoms with E-state index >= 15 is 0 Å². The van der Waals surface area contributed by atoms with Crippen molar-refractivity contribution in [1.29, 1.82) is 0 Å². The van der Waals surface area contributed by atoms with Crippen LogP contribution in [-0.4, -0.2) is 19.8 Å². The van der Waals surface area contributed by atoms with Crippen molar-refractivity contribution in [3.63, 3.8) is 0 Å². The molecule has 2 bridgehead atoms. The molecule has 1 saturated heterocycles. The van der Waals surface area contributed by atoms with Gasteiger partial charge in [-0.1, -0.05) is 6.07 Å². The molecule has 2 aliphatic heterocycles. The van der Waals surface area contributed by atoms with Crippen molar-refractivity contribution in [1.82, 2.24) is 9.55 Å². The molecule has 27 heavy (non-hydrogen) atoms. The summed E-state index contributed by atoms with van der Waals surface area (Å²) in [7, 11) is 0. The van der Waals surface area contributed by atoms with Gasteiger partial charge in [0, 0.05) is 0 Å². The van der Waals surface area contributed by atoms with Crippen molar-refractivity contribution in [2.45, 2.75) is 44.1 Å². The molecule has 9 heteroatoms. The molecule has 2 N–H and O–H groups in total. The number of aromatic nitrogens is 2. The molecule has 142 valence electrons. The van der Waals surface area contributed by atoms with Gasteiger partial charge >= 0.3 is 12.1 Å². The summed E-state index contributed by atoms with van der Waals surface area (Å²) in [5, 5.41) is 21.7. The first kappa shape index (κ1) is 16.5. The van der Waals surface area contributed by atoms with Crippen molar-refractivity contribution in [2.75, 3.05) is 0 Å². The number of rotatable bonds is 1. The van der Waals surface area contributed by atoms with Crippen LogP contribution in [0.1, 0.15) is 43.7 Å². The van der Waals surface area contributed by atoms with E-state index < -0.39 is 23.3 Å². The van der Waals surface area contributed by atoms with Crippen LogP contribution in [0.15, 0.2) is 22.6 Å². The Hall–Kier alpha value is -2.68. The predicted molar refractivity (Wildman–Crippen MR) is 86.7 cm³/mol. The third kappa shape index (κ3) is 1.92. The molecular weight excluding hydrogens is 365 g/mol. The van der Waals surface area contributed by atoms with Gasteiger partial charge in [0.25, 0.3) is 0 Å². The van der Waals surface area contributed by atoms with E-state index in [4.69, 9.17) is 9.15 Å². The molecule has 1 fully saturated rings. The van der Waals surface area contributed by atoms with Gasteiger partial charge in [-0.05, 0) is 38.8 Å². The van der Waals surface area contributed by atoms with Crippen LogP contribution in [0.5, 0.6) is 11.8 Å². The molecular formula is C18H15F3N2O4. The summed E-state index contributed by atoms with van der Waals surface area (Å²) in [5.74, 6) is -1.92. The smallest absolute Gasteiger partial charge is 0.468 e. The number of hydrogen-bond acceptors (Lipinski definition) is 5. The Morgan fingerprint density at radius 1 is 1.07 bits per heavy atom. The zero-order valence-corrected chi connectivity index (χ0v) is 14.4. The van der Waals surface area contributed by atoms with Crippen LogP contribution >= 0.6 is 0 Å². The fraction of sp³-hybridized carbons (Fsp3) is 0.389. The summed E-state index contributed by atoms with van der Waals surface area (Å²) in [4.78, 5) is 3.55. The lowest BCUT2D eigenvalue weighted by molar-refractivity contribution is -0.156. The number of hydrogen-bond donors (Lipinski definition) is 2. The van der Waals surface area contributed by atoms with Gasteiger partial charge in [-0.3, -0.25) is 0 Å². The van der Waals surface area contributed by atoms with Gasteiger partial charge in [0.1, 0.15) is 5.52 Å². The first-order chi connectivity index (χ1) is 12.6. The Bertz CT molecular complexity index is 1080. The normalized spacial score (nSPS) is 26.9. The second-order valence-corrected chi connectivity index (χ2v) is 7.44. The average Bonchev–Trinajstić information content (AvgIpc) is 3.25. The molecule has 0 radical (unpaired) electrons. The van der Waals surface area contributed by atoms with E-state index in [1.165, 1.54) is 18.2 Å². The van der Waals surface area contributed by atoms with Crippen LogP contribution in [0, 0.1) is 0 Å². The van der Waals surface area contributed by atoms with E-state index in [-0.39, 0.29) is 28.5 Å². The average molecular weight is 380 g/mol. The number of fused-ring (bicyclic) bond motifs is 6. The number of oxazole rings is 1. The second-order valence-electron chi connectivity index (χ2n) is 7.44. The van der Waals surface area contributed by atoms with Gasteiger partial charge in [-0.15, -0.1) is 0 Å². The quantitative estimate of drug-likeness (QED) is 0.658. The third-order valence-corrected chi connectivity index (χ3v) is 5.59. The Kier molecular flexibility index (Phi) is 2.80. The van der Waals surface area contributed by atoms with Gasteiger partial charge in [-0.2, -0.15) is 13.2 Å². The van der Waals surface area contributed by atoms with Crippen LogP contribution in [0.4, 0.5) is 13.2 Å². The highest BCUT2D eigenvalue weighted by Crippen LogP contribution is 2.64. The molecule has 2 aliphatic rings. The maximum absolute atomic E-state index is 13.0. The highest BCUT2D eigenvalue weighted by molar-refractivity contribution is 5.83. The highest BCUT2D eigenvalue weighted by atomic mass is 19.4. The van der Waals surface area contributed by atoms with E-state index in [2.05, 4.69) is 4.98 Å². The number of benzene rings is 1. The maximum Gasteiger partial charge on any atom is 0.468 e. The third-order valence-electron chi connectivity index (χ3n) is 5.59. The summed E-state index contributed by atoms with van der Waals surface area (Å²) < 4.78 is 50.9. The van der Waals surface area contributed by atoms with Gasteiger partial charge < -0.3 is 19.4 Å². The molecule has 0 spiro atoms. The molecule has 5 rings (SSSR count). The van der Waals surface area contributed by atoms with Crippen LogP contribution in [-0.2, 0) is 22.1 Å². The van der Waals surface area contributed by atoms with Crippen molar-refractivity contribution in [2.24, 2.45) is 0 Å². The molecule has 2 atom stereocenters. The first-order valence-electron chi connectivity index (χ1n) is 8.40. The Morgan fingerprint density at radius 2 is 1.67 bits per heavy atom. The molecule has 0 amide bonds. The van der Waals surface area contributed by atoms with Gasteiger partial charge in [0.2, 0.25) is 11.8 Å². The summed E-state index contributed by atoms with van der Waals surface area (Å²) in [6.07, 6.45) is -3.41. The monoisotopic (exact) mass is 380 g/mol. The van der Waals surface area contributed by atoms with Crippen molar-refractivity contribution < 1.29 is 32.5 Å². The van der Waals surface area contributed by atoms with Gasteiger partial charge in [0.15, 0.2) is 5.58 Å². The molecule has 1 aromatic carbocycles. The zero-order chi connectivity index (χ0) is 19.4. The fourth-order valence-electron chi connectivity index (χ4n) is 4.44. The minimum atomic E-state index is -4.74. The minimum Gasteiger partial charge on any atom is -0.494 e. The van der Waals surface area contributed by atoms with Gasteiger partial charge in [-0.25, -0.2) is 9.55 Å². The van der Waals surface area contributed by atoms with E-state index in [1.807, 2.05) is 13.8 Å². The second kappa shape index (κ2) is 4.59. The molecule has 2 aromatic heterocycles. The van der Waals surface area contributed by atoms with E-state index in [9.17, 15) is 23.4 Å². The fourth-order valence-corrected chi connectivity index (χ4v) is 4.44. The van der Waals surface area contributed by atoms with E-state index in [0.717, 1.165) is 4.57 Å². The minimum absolute atomic E-state index is 0.0934. The van der Waals surface area contributed by atoms with E-state index in [0.29, 0.717) is 24.0 Å². The topological polar surface area (TPSA) is 80.7 Å². The standard InChI is InChI=1S/C18H15F3N2O4/c1-16-6-7-17(2,27-16)11-10(16)13(24)23(14(11)25)8-4-3-5-9-12(8)22-15(26-9)18(19,20)21/h3-5,24-25H,6-7H2,1-2H3. The van der Waals surface area contributed by atoms with Gasteiger partial charge in [0.05, 0.1) is 28.0 Å². The molecule has 2 unspecified atom stereocenters. The number of alkyl halides is 3. The number of aromatic hydroxyl groups is 2. The van der Waals surface area contributed by atoms with Crippen LogP contribution < -0.4 is 0 Å². The Morgan fingerprint density at radius 3 is 2.22 bits per heavy atom. The number of halogens is 3. The van der Waals surface area contributed by atoms with Crippen molar-refractivity contribution >= 4 is 11.1 Å². The van der Waals surface area contributed by atoms with Crippen LogP contribution in [0.2, 0.25) is 0 Å². The molecule has 0 saturated carbocycles. The van der Waals surface area contributed by atoms with Crippen molar-refractivity contribution in [3.8, 4) is 17.4 Å².